The molecule has 0 saturated carbocycles. The van der Waals surface area contributed by atoms with E-state index in [1.54, 1.807) is 0 Å². The van der Waals surface area contributed by atoms with Gasteiger partial charge in [0.1, 0.15) is 0 Å². The highest BCUT2D eigenvalue weighted by atomic mass is 15.1. The molecule has 1 aromatic heterocycles. The summed E-state index contributed by atoms with van der Waals surface area (Å²) in [4.78, 5) is 2.39. The largest absolute Gasteiger partial charge is 0.310 e. The Morgan fingerprint density at radius 2 is 0.767 bits per heavy atom. The molecule has 0 unspecified atom stereocenters. The van der Waals surface area contributed by atoms with Gasteiger partial charge in [-0.3, -0.25) is 0 Å². The van der Waals surface area contributed by atoms with Crippen LogP contribution in [-0.4, -0.2) is 4.57 Å². The fraction of sp³-hybridized carbons (Fsp3) is 0. The lowest BCUT2D eigenvalue weighted by molar-refractivity contribution is 1.18. The fourth-order valence-electron chi connectivity index (χ4n) is 9.47. The average molecular weight is 763 g/mol. The molecule has 12 aromatic rings. The van der Waals surface area contributed by atoms with Crippen LogP contribution in [0.25, 0.3) is 92.8 Å². The van der Waals surface area contributed by atoms with Crippen molar-refractivity contribution in [2.24, 2.45) is 0 Å². The first-order valence-electron chi connectivity index (χ1n) is 20.7. The number of anilines is 3. The molecule has 0 amide bonds. The molecule has 12 rings (SSSR count). The number of hydrogen-bond acceptors (Lipinski definition) is 1. The molecule has 0 radical (unpaired) electrons. The Balaban J connectivity index is 0.989. The van der Waals surface area contributed by atoms with Crippen LogP contribution in [0.4, 0.5) is 17.1 Å². The van der Waals surface area contributed by atoms with Gasteiger partial charge in [-0.05, 0) is 132 Å². The molecular formula is C58H38N2. The van der Waals surface area contributed by atoms with E-state index in [0.717, 1.165) is 22.7 Å². The Bertz CT molecular complexity index is 3580. The minimum atomic E-state index is 1.10. The molecule has 0 aliphatic carbocycles. The smallest absolute Gasteiger partial charge is 0.0547 e. The third-order valence-electron chi connectivity index (χ3n) is 12.3. The summed E-state index contributed by atoms with van der Waals surface area (Å²) in [5.74, 6) is 0. The van der Waals surface area contributed by atoms with Crippen molar-refractivity contribution < 1.29 is 0 Å². The fourth-order valence-corrected chi connectivity index (χ4v) is 9.47. The molecule has 11 aromatic carbocycles. The van der Waals surface area contributed by atoms with Gasteiger partial charge in [0.25, 0.3) is 0 Å². The Hall–Kier alpha value is -7.94. The van der Waals surface area contributed by atoms with Crippen molar-refractivity contribution in [2.45, 2.75) is 0 Å². The van der Waals surface area contributed by atoms with E-state index in [0.29, 0.717) is 0 Å². The Morgan fingerprint density at radius 1 is 0.283 bits per heavy atom. The minimum Gasteiger partial charge on any atom is -0.310 e. The zero-order chi connectivity index (χ0) is 39.6. The number of benzene rings is 11. The number of rotatable bonds is 6. The van der Waals surface area contributed by atoms with Gasteiger partial charge in [-0.2, -0.15) is 0 Å². The molecule has 0 aliphatic rings. The van der Waals surface area contributed by atoms with Crippen LogP contribution in [0.2, 0.25) is 0 Å². The van der Waals surface area contributed by atoms with Gasteiger partial charge in [-0.1, -0.05) is 164 Å². The van der Waals surface area contributed by atoms with Crippen molar-refractivity contribution in [1.82, 2.24) is 4.57 Å². The minimum absolute atomic E-state index is 1.10. The third-order valence-corrected chi connectivity index (χ3v) is 12.3. The summed E-state index contributed by atoms with van der Waals surface area (Å²) < 4.78 is 2.39. The van der Waals surface area contributed by atoms with E-state index in [1.807, 2.05) is 0 Å². The van der Waals surface area contributed by atoms with Gasteiger partial charge >= 0.3 is 0 Å². The lowest BCUT2D eigenvalue weighted by Gasteiger charge is -2.26. The molecule has 0 N–H and O–H groups in total. The van der Waals surface area contributed by atoms with Gasteiger partial charge in [0.05, 0.1) is 11.0 Å². The van der Waals surface area contributed by atoms with E-state index in [9.17, 15) is 0 Å². The van der Waals surface area contributed by atoms with E-state index in [1.165, 1.54) is 87.1 Å². The summed E-state index contributed by atoms with van der Waals surface area (Å²) in [6, 6.07) is 84.3. The molecule has 1 heterocycles. The van der Waals surface area contributed by atoms with Crippen molar-refractivity contribution in [3.8, 4) is 27.9 Å². The molecule has 0 fully saturated rings. The van der Waals surface area contributed by atoms with Crippen molar-refractivity contribution in [3.05, 3.63) is 231 Å². The van der Waals surface area contributed by atoms with Crippen LogP contribution in [0.1, 0.15) is 0 Å². The molecule has 0 bridgehead atoms. The predicted octanol–water partition coefficient (Wildman–Crippen LogP) is 16.2. The van der Waals surface area contributed by atoms with Crippen LogP contribution in [0.5, 0.6) is 0 Å². The number of hydrogen-bond donors (Lipinski definition) is 0. The highest BCUT2D eigenvalue weighted by Gasteiger charge is 2.18. The second kappa shape index (κ2) is 13.9. The van der Waals surface area contributed by atoms with Crippen LogP contribution >= 0.6 is 0 Å². The standard InChI is InChI=1S/C58H38N2/c1-2-13-46(14-3-1)60-56-19-9-8-17-53(56)58-52(18-10-20-57(58)60)42-29-34-48(35-30-42)59(49-36-31-44-24-22-41-12-5-7-16-51(41)55(44)38-49)47-32-27-39(28-33-47)45-26-25-43-23-21-40-11-4-6-15-50(40)54(43)37-45/h1-38H. The van der Waals surface area contributed by atoms with Crippen LogP contribution in [0.15, 0.2) is 231 Å². The molecule has 280 valence electrons. The van der Waals surface area contributed by atoms with E-state index in [4.69, 9.17) is 0 Å². The van der Waals surface area contributed by atoms with E-state index >= 15 is 0 Å². The summed E-state index contributed by atoms with van der Waals surface area (Å²) in [5, 5.41) is 12.6. The molecule has 0 spiro atoms. The lowest BCUT2D eigenvalue weighted by atomic mass is 9.97. The summed E-state index contributed by atoms with van der Waals surface area (Å²) in [7, 11) is 0. The maximum absolute atomic E-state index is 2.39. The van der Waals surface area contributed by atoms with E-state index in [2.05, 4.69) is 240 Å². The zero-order valence-corrected chi connectivity index (χ0v) is 32.8. The number of para-hydroxylation sites is 2. The summed E-state index contributed by atoms with van der Waals surface area (Å²) in [6.07, 6.45) is 0. The quantitative estimate of drug-likeness (QED) is 0.153. The van der Waals surface area contributed by atoms with Crippen molar-refractivity contribution in [1.29, 1.82) is 0 Å². The Morgan fingerprint density at radius 3 is 1.45 bits per heavy atom. The normalized spacial score (nSPS) is 11.7. The molecule has 2 nitrogen and oxygen atoms in total. The van der Waals surface area contributed by atoms with Crippen LogP contribution < -0.4 is 4.90 Å². The van der Waals surface area contributed by atoms with E-state index < -0.39 is 0 Å². The monoisotopic (exact) mass is 762 g/mol. The molecule has 0 aliphatic heterocycles. The van der Waals surface area contributed by atoms with Gasteiger partial charge in [-0.15, -0.1) is 0 Å². The van der Waals surface area contributed by atoms with E-state index in [-0.39, 0.29) is 0 Å². The predicted molar refractivity (Wildman–Crippen MR) is 256 cm³/mol. The second-order valence-electron chi connectivity index (χ2n) is 15.7. The summed E-state index contributed by atoms with van der Waals surface area (Å²) in [6.45, 7) is 0. The second-order valence-corrected chi connectivity index (χ2v) is 15.7. The molecule has 2 heteroatoms. The SMILES string of the molecule is c1ccc(-n2c3ccccc3c3c(-c4ccc(N(c5ccc(-c6ccc7ccc8ccccc8c7c6)cc5)c5ccc6ccc7ccccc7c6c5)cc4)cccc32)cc1. The van der Waals surface area contributed by atoms with Gasteiger partial charge in [0.2, 0.25) is 0 Å². The number of fused-ring (bicyclic) bond motifs is 9. The highest BCUT2D eigenvalue weighted by molar-refractivity contribution is 6.16. The van der Waals surface area contributed by atoms with Crippen molar-refractivity contribution >= 4 is 82.0 Å². The first-order valence-corrected chi connectivity index (χ1v) is 20.7. The van der Waals surface area contributed by atoms with Crippen LogP contribution in [0.3, 0.4) is 0 Å². The molecule has 0 saturated heterocycles. The van der Waals surface area contributed by atoms with Gasteiger partial charge in [-0.25, -0.2) is 0 Å². The maximum Gasteiger partial charge on any atom is 0.0547 e. The highest BCUT2D eigenvalue weighted by Crippen LogP contribution is 2.42. The average Bonchev–Trinajstić information content (AvgIpc) is 3.67. The zero-order valence-electron chi connectivity index (χ0n) is 32.8. The Labute approximate surface area is 348 Å². The molecule has 60 heavy (non-hydrogen) atoms. The first kappa shape index (κ1) is 34.1. The van der Waals surface area contributed by atoms with Crippen LogP contribution in [0, 0.1) is 0 Å². The van der Waals surface area contributed by atoms with Crippen molar-refractivity contribution in [3.63, 3.8) is 0 Å². The van der Waals surface area contributed by atoms with Gasteiger partial charge in [0, 0.05) is 33.5 Å². The van der Waals surface area contributed by atoms with Gasteiger partial charge < -0.3 is 9.47 Å². The molecule has 0 atom stereocenters. The Kier molecular flexibility index (Phi) is 7.89. The first-order chi connectivity index (χ1) is 29.7. The maximum atomic E-state index is 2.39. The summed E-state index contributed by atoms with van der Waals surface area (Å²) in [5.41, 5.74) is 11.7. The van der Waals surface area contributed by atoms with Gasteiger partial charge in [0.15, 0.2) is 0 Å². The number of nitrogens with zero attached hydrogens (tertiary/aromatic N) is 2. The number of aromatic nitrogens is 1. The van der Waals surface area contributed by atoms with Crippen molar-refractivity contribution in [2.75, 3.05) is 4.90 Å². The van der Waals surface area contributed by atoms with Crippen LogP contribution in [-0.2, 0) is 0 Å². The molecular weight excluding hydrogens is 725 g/mol. The summed E-state index contributed by atoms with van der Waals surface area (Å²) >= 11 is 0. The lowest BCUT2D eigenvalue weighted by Crippen LogP contribution is -2.09. The third kappa shape index (κ3) is 5.57. The topological polar surface area (TPSA) is 8.17 Å².